The molecular weight excluding hydrogens is 427 g/mol. The molecule has 1 aromatic rings. The number of nitrogens with one attached hydrogen (secondary N) is 2. The molecule has 0 unspecified atom stereocenters. The Morgan fingerprint density at radius 2 is 2.04 bits per heavy atom. The van der Waals surface area contributed by atoms with Gasteiger partial charge in [-0.1, -0.05) is 31.5 Å². The molecule has 0 atom stereocenters. The van der Waals surface area contributed by atoms with Crippen LogP contribution in [0.25, 0.3) is 0 Å². The van der Waals surface area contributed by atoms with Gasteiger partial charge in [0.25, 0.3) is 0 Å². The Morgan fingerprint density at radius 1 is 1.28 bits per heavy atom. The van der Waals surface area contributed by atoms with Gasteiger partial charge in [-0.05, 0) is 42.7 Å². The van der Waals surface area contributed by atoms with Crippen LogP contribution in [0.1, 0.15) is 38.2 Å². The number of aliphatic imine (C=N–C) groups is 1. The topological polar surface area (TPSA) is 56.7 Å². The Morgan fingerprint density at radius 3 is 2.68 bits per heavy atom. The minimum Gasteiger partial charge on any atom is -0.356 e. The van der Waals surface area contributed by atoms with Crippen LogP contribution in [0.5, 0.6) is 0 Å². The number of anilines is 1. The molecule has 0 bridgehead atoms. The van der Waals surface area contributed by atoms with Crippen molar-refractivity contribution in [2.45, 2.75) is 39.0 Å². The Balaban J connectivity index is 0.00000225. The minimum atomic E-state index is 0. The second kappa shape index (κ2) is 8.87. The third kappa shape index (κ3) is 4.46. The predicted octanol–water partition coefficient (Wildman–Crippen LogP) is 2.94. The van der Waals surface area contributed by atoms with Crippen LogP contribution < -0.4 is 15.5 Å². The number of nitrogens with zero attached hydrogens (tertiary/aromatic N) is 2. The van der Waals surface area contributed by atoms with E-state index in [0.29, 0.717) is 5.41 Å². The van der Waals surface area contributed by atoms with Crippen molar-refractivity contribution in [3.05, 3.63) is 29.8 Å². The number of benzene rings is 1. The number of rotatable bonds is 5. The average Bonchev–Trinajstić information content (AvgIpc) is 3.00. The fourth-order valence-corrected chi connectivity index (χ4v) is 3.68. The molecule has 1 amide bonds. The summed E-state index contributed by atoms with van der Waals surface area (Å²) in [6.45, 7) is 4.23. The Bertz CT molecular complexity index is 622. The Labute approximate surface area is 167 Å². The van der Waals surface area contributed by atoms with E-state index in [1.165, 1.54) is 31.2 Å². The third-order valence-electron chi connectivity index (χ3n) is 5.61. The van der Waals surface area contributed by atoms with E-state index in [2.05, 4.69) is 28.6 Å². The van der Waals surface area contributed by atoms with Gasteiger partial charge in [-0.25, -0.2) is 0 Å². The largest absolute Gasteiger partial charge is 0.356 e. The van der Waals surface area contributed by atoms with E-state index in [0.717, 1.165) is 31.2 Å². The lowest BCUT2D eigenvalue weighted by atomic mass is 9.67. The highest BCUT2D eigenvalue weighted by molar-refractivity contribution is 14.0. The lowest BCUT2D eigenvalue weighted by Gasteiger charge is -2.41. The summed E-state index contributed by atoms with van der Waals surface area (Å²) in [6, 6.07) is 8.14. The molecule has 1 heterocycles. The molecule has 1 fully saturated rings. The van der Waals surface area contributed by atoms with Crippen LogP contribution in [-0.2, 0) is 11.2 Å². The summed E-state index contributed by atoms with van der Waals surface area (Å²) >= 11 is 0. The first kappa shape index (κ1) is 20.0. The summed E-state index contributed by atoms with van der Waals surface area (Å²) in [5.41, 5.74) is 2.73. The minimum absolute atomic E-state index is 0. The summed E-state index contributed by atoms with van der Waals surface area (Å²) < 4.78 is 0. The highest BCUT2D eigenvalue weighted by atomic mass is 127. The first-order valence-electron chi connectivity index (χ1n) is 9.00. The number of amides is 1. The van der Waals surface area contributed by atoms with Crippen LogP contribution in [0.2, 0.25) is 0 Å². The molecular formula is C19H29IN4O. The SMILES string of the molecule is CCC1(CNC(=NC)NCC(=O)N2CCc3ccccc32)CCC1.I. The van der Waals surface area contributed by atoms with Crippen LogP contribution in [-0.4, -0.2) is 38.5 Å². The van der Waals surface area contributed by atoms with Crippen LogP contribution in [0, 0.1) is 5.41 Å². The molecule has 1 saturated carbocycles. The van der Waals surface area contributed by atoms with Gasteiger partial charge in [0.1, 0.15) is 0 Å². The molecule has 0 radical (unpaired) electrons. The van der Waals surface area contributed by atoms with Gasteiger partial charge in [0.15, 0.2) is 5.96 Å². The highest BCUT2D eigenvalue weighted by Crippen LogP contribution is 2.42. The standard InChI is InChI=1S/C19H28N4O.HI/c1-3-19(10-6-11-19)14-22-18(20-2)21-13-17(24)23-12-9-15-7-4-5-8-16(15)23;/h4-5,7-8H,3,6,9-14H2,1-2H3,(H2,20,21,22);1H. The van der Waals surface area contributed by atoms with Gasteiger partial charge in [-0.15, -0.1) is 24.0 Å². The summed E-state index contributed by atoms with van der Waals surface area (Å²) in [5, 5.41) is 6.57. The molecule has 1 aromatic carbocycles. The molecule has 2 N–H and O–H groups in total. The van der Waals surface area contributed by atoms with Gasteiger partial charge < -0.3 is 15.5 Å². The van der Waals surface area contributed by atoms with Gasteiger partial charge >= 0.3 is 0 Å². The maximum absolute atomic E-state index is 12.5. The molecule has 5 nitrogen and oxygen atoms in total. The molecule has 2 aliphatic rings. The van der Waals surface area contributed by atoms with E-state index >= 15 is 0 Å². The third-order valence-corrected chi connectivity index (χ3v) is 5.61. The number of hydrogen-bond donors (Lipinski definition) is 2. The zero-order valence-electron chi connectivity index (χ0n) is 15.2. The predicted molar refractivity (Wildman–Crippen MR) is 114 cm³/mol. The molecule has 0 spiro atoms. The number of hydrogen-bond acceptors (Lipinski definition) is 2. The molecule has 138 valence electrons. The van der Waals surface area contributed by atoms with E-state index in [1.54, 1.807) is 7.05 Å². The molecule has 1 aliphatic heterocycles. The number of fused-ring (bicyclic) bond motifs is 1. The van der Waals surface area contributed by atoms with Crippen LogP contribution in [0.15, 0.2) is 29.3 Å². The van der Waals surface area contributed by atoms with Crippen LogP contribution in [0.4, 0.5) is 5.69 Å². The van der Waals surface area contributed by atoms with Crippen molar-refractivity contribution in [2.75, 3.05) is 31.6 Å². The van der Waals surface area contributed by atoms with E-state index in [-0.39, 0.29) is 36.4 Å². The Hall–Kier alpha value is -1.31. The number of guanidine groups is 1. The van der Waals surface area contributed by atoms with E-state index < -0.39 is 0 Å². The Kier molecular flexibility index (Phi) is 7.10. The summed E-state index contributed by atoms with van der Waals surface area (Å²) in [7, 11) is 1.75. The van der Waals surface area contributed by atoms with Gasteiger partial charge in [0.2, 0.25) is 5.91 Å². The molecule has 6 heteroatoms. The number of carbonyl (C=O) groups excluding carboxylic acids is 1. The van der Waals surface area contributed by atoms with Crippen molar-refractivity contribution in [3.8, 4) is 0 Å². The molecule has 3 rings (SSSR count). The van der Waals surface area contributed by atoms with Crippen molar-refractivity contribution in [3.63, 3.8) is 0 Å². The van der Waals surface area contributed by atoms with E-state index in [1.807, 2.05) is 23.1 Å². The highest BCUT2D eigenvalue weighted by Gasteiger charge is 2.35. The fourth-order valence-electron chi connectivity index (χ4n) is 3.68. The lowest BCUT2D eigenvalue weighted by Crippen LogP contribution is -2.48. The number of carbonyl (C=O) groups is 1. The molecule has 0 saturated heterocycles. The lowest BCUT2D eigenvalue weighted by molar-refractivity contribution is -0.117. The number of halogens is 1. The first-order valence-corrected chi connectivity index (χ1v) is 9.00. The van der Waals surface area contributed by atoms with Gasteiger partial charge in [-0.2, -0.15) is 0 Å². The summed E-state index contributed by atoms with van der Waals surface area (Å²) in [4.78, 5) is 18.7. The maximum atomic E-state index is 12.5. The van der Waals surface area contributed by atoms with Crippen molar-refractivity contribution in [1.82, 2.24) is 10.6 Å². The van der Waals surface area contributed by atoms with Gasteiger partial charge in [-0.3, -0.25) is 9.79 Å². The monoisotopic (exact) mass is 456 g/mol. The molecule has 0 aromatic heterocycles. The average molecular weight is 456 g/mol. The van der Waals surface area contributed by atoms with Gasteiger partial charge in [0.05, 0.1) is 6.54 Å². The van der Waals surface area contributed by atoms with Crippen molar-refractivity contribution in [2.24, 2.45) is 10.4 Å². The second-order valence-corrected chi connectivity index (χ2v) is 6.91. The number of para-hydroxylation sites is 1. The van der Waals surface area contributed by atoms with Crippen molar-refractivity contribution >= 4 is 41.5 Å². The zero-order valence-corrected chi connectivity index (χ0v) is 17.5. The quantitative estimate of drug-likeness (QED) is 0.407. The van der Waals surface area contributed by atoms with Gasteiger partial charge in [0, 0.05) is 25.8 Å². The summed E-state index contributed by atoms with van der Waals surface area (Å²) in [6.07, 6.45) is 6.04. The smallest absolute Gasteiger partial charge is 0.246 e. The normalized spacial score (nSPS) is 18.0. The van der Waals surface area contributed by atoms with Crippen molar-refractivity contribution < 1.29 is 4.79 Å². The van der Waals surface area contributed by atoms with Crippen LogP contribution in [0.3, 0.4) is 0 Å². The van der Waals surface area contributed by atoms with Crippen LogP contribution >= 0.6 is 24.0 Å². The second-order valence-electron chi connectivity index (χ2n) is 6.91. The maximum Gasteiger partial charge on any atom is 0.246 e. The van der Waals surface area contributed by atoms with E-state index in [4.69, 9.17) is 0 Å². The molecule has 1 aliphatic carbocycles. The molecule has 25 heavy (non-hydrogen) atoms. The summed E-state index contributed by atoms with van der Waals surface area (Å²) in [5.74, 6) is 0.812. The zero-order chi connectivity index (χ0) is 17.0. The fraction of sp³-hybridized carbons (Fsp3) is 0.579. The first-order chi connectivity index (χ1) is 11.7. The van der Waals surface area contributed by atoms with E-state index in [9.17, 15) is 4.79 Å². The van der Waals surface area contributed by atoms with Crippen molar-refractivity contribution in [1.29, 1.82) is 0 Å².